The van der Waals surface area contributed by atoms with Crippen molar-refractivity contribution >= 4 is 26.7 Å². The second-order valence-corrected chi connectivity index (χ2v) is 10.5. The van der Waals surface area contributed by atoms with E-state index >= 15 is 0 Å². The van der Waals surface area contributed by atoms with Crippen molar-refractivity contribution in [1.82, 2.24) is 8.87 Å². The van der Waals surface area contributed by atoms with Gasteiger partial charge in [-0.05, 0) is 43.2 Å². The van der Waals surface area contributed by atoms with Crippen molar-refractivity contribution in [2.24, 2.45) is 5.92 Å². The number of hydrogen-bond donors (Lipinski definition) is 0. The number of benzene rings is 2. The highest BCUT2D eigenvalue weighted by atomic mass is 32.2. The van der Waals surface area contributed by atoms with E-state index in [1.165, 1.54) is 3.97 Å². The average molecular weight is 452 g/mol. The fraction of sp³-hybridized carbons (Fsp3) is 0.360. The third-order valence-electron chi connectivity index (χ3n) is 6.89. The minimum absolute atomic E-state index is 0.0890. The lowest BCUT2D eigenvalue weighted by Gasteiger charge is -2.41. The van der Waals surface area contributed by atoms with Crippen LogP contribution >= 0.6 is 0 Å². The van der Waals surface area contributed by atoms with E-state index in [2.05, 4.69) is 11.8 Å². The van der Waals surface area contributed by atoms with Crippen molar-refractivity contribution in [2.75, 3.05) is 20.2 Å². The van der Waals surface area contributed by atoms with Crippen molar-refractivity contribution in [3.05, 3.63) is 66.2 Å². The van der Waals surface area contributed by atoms with E-state index in [4.69, 9.17) is 4.74 Å². The summed E-state index contributed by atoms with van der Waals surface area (Å²) in [6.07, 6.45) is 1.57. The smallest absolute Gasteiger partial charge is 0.268 e. The van der Waals surface area contributed by atoms with E-state index in [1.54, 1.807) is 31.4 Å². The molecule has 32 heavy (non-hydrogen) atoms. The summed E-state index contributed by atoms with van der Waals surface area (Å²) in [5.41, 5.74) is 3.26. The first-order chi connectivity index (χ1) is 15.4. The molecule has 0 unspecified atom stereocenters. The molecule has 6 nitrogen and oxygen atoms in total. The summed E-state index contributed by atoms with van der Waals surface area (Å²) in [6, 6.07) is 12.1. The van der Waals surface area contributed by atoms with Gasteiger partial charge < -0.3 is 4.74 Å². The Labute approximate surface area is 188 Å². The molecule has 0 aliphatic carbocycles. The van der Waals surface area contributed by atoms with Crippen LogP contribution in [-0.4, -0.2) is 43.3 Å². The minimum atomic E-state index is -3.88. The molecule has 0 amide bonds. The highest BCUT2D eigenvalue weighted by Crippen LogP contribution is 2.45. The van der Waals surface area contributed by atoms with Crippen molar-refractivity contribution in [3.8, 4) is 5.75 Å². The number of Topliss-reactive ketones (excluding diaryl/α,β-unsaturated/α-hetero) is 1. The van der Waals surface area contributed by atoms with Gasteiger partial charge in [0.2, 0.25) is 0 Å². The van der Waals surface area contributed by atoms with Crippen LogP contribution in [0.2, 0.25) is 0 Å². The first-order valence-electron chi connectivity index (χ1n) is 10.9. The van der Waals surface area contributed by atoms with Crippen molar-refractivity contribution in [3.63, 3.8) is 0 Å². The number of ether oxygens (including phenoxy) is 1. The maximum absolute atomic E-state index is 14.0. The van der Waals surface area contributed by atoms with E-state index in [1.807, 2.05) is 25.1 Å². The number of fused-ring (bicyclic) bond motifs is 5. The maximum atomic E-state index is 14.0. The average Bonchev–Trinajstić information content (AvgIpc) is 3.14. The summed E-state index contributed by atoms with van der Waals surface area (Å²) < 4.78 is 35.1. The number of piperidine rings is 1. The fourth-order valence-corrected chi connectivity index (χ4v) is 6.82. The summed E-state index contributed by atoms with van der Waals surface area (Å²) in [7, 11) is -2.28. The van der Waals surface area contributed by atoms with Gasteiger partial charge in [-0.3, -0.25) is 9.69 Å². The Morgan fingerprint density at radius 3 is 2.59 bits per heavy atom. The molecule has 3 aromatic rings. The Morgan fingerprint density at radius 1 is 1.16 bits per heavy atom. The summed E-state index contributed by atoms with van der Waals surface area (Å²) in [4.78, 5) is 15.3. The summed E-state index contributed by atoms with van der Waals surface area (Å²) in [5.74, 6) is 0.724. The lowest BCUT2D eigenvalue weighted by atomic mass is 9.84. The minimum Gasteiger partial charge on any atom is -0.496 e. The Bertz CT molecular complexity index is 1310. The molecular formula is C25H27N2O4S+. The van der Waals surface area contributed by atoms with E-state index < -0.39 is 10.0 Å². The zero-order valence-corrected chi connectivity index (χ0v) is 19.2. The van der Waals surface area contributed by atoms with Crippen LogP contribution in [0, 0.1) is 19.8 Å². The first kappa shape index (κ1) is 21.1. The van der Waals surface area contributed by atoms with Gasteiger partial charge in [-0.25, -0.2) is 12.4 Å². The van der Waals surface area contributed by atoms with Gasteiger partial charge in [-0.2, -0.15) is 0 Å². The van der Waals surface area contributed by atoms with E-state index in [9.17, 15) is 13.2 Å². The van der Waals surface area contributed by atoms with Crippen LogP contribution in [0.1, 0.15) is 35.7 Å². The second kappa shape index (κ2) is 7.67. The number of carbonyl (C=O) groups excluding carboxylic acids is 1. The summed E-state index contributed by atoms with van der Waals surface area (Å²) in [5, 5.41) is 0.826. The molecule has 2 atom stereocenters. The fourth-order valence-electron chi connectivity index (χ4n) is 5.23. The van der Waals surface area contributed by atoms with E-state index in [-0.39, 0.29) is 22.6 Å². The molecule has 7 heteroatoms. The molecule has 2 aliphatic heterocycles. The van der Waals surface area contributed by atoms with Gasteiger partial charge in [-0.1, -0.05) is 23.8 Å². The Balaban J connectivity index is 1.80. The molecule has 0 saturated carbocycles. The Morgan fingerprint density at radius 2 is 1.91 bits per heavy atom. The molecule has 1 fully saturated rings. The quantitative estimate of drug-likeness (QED) is 0.563. The van der Waals surface area contributed by atoms with Crippen LogP contribution in [0.25, 0.3) is 10.9 Å². The standard InChI is InChI=1S/C25H27N2O4S/c1-4-17-15-26-13-12-19-24-20(6-5-7-23(24)31-3)27(25(19)21(26)14-22(17)28)32(29,30)18-10-8-16(2)9-11-18/h5-11,17,21H,1,4,12-15H2,2-3H3/q+1/t17-,21-/m1/s1. The van der Waals surface area contributed by atoms with E-state index in [0.29, 0.717) is 42.8 Å². The van der Waals surface area contributed by atoms with Gasteiger partial charge in [-0.15, -0.1) is 0 Å². The Kier molecular flexibility index (Phi) is 5.06. The van der Waals surface area contributed by atoms with Gasteiger partial charge in [0.1, 0.15) is 11.5 Å². The van der Waals surface area contributed by atoms with Gasteiger partial charge in [0.05, 0.1) is 48.5 Å². The zero-order valence-electron chi connectivity index (χ0n) is 18.4. The predicted octanol–water partition coefficient (Wildman–Crippen LogP) is 3.91. The maximum Gasteiger partial charge on any atom is 0.268 e. The number of carbonyl (C=O) groups is 1. The van der Waals surface area contributed by atoms with Crippen LogP contribution in [-0.2, 0) is 21.2 Å². The molecule has 1 aromatic heterocycles. The number of methoxy groups -OCH3 is 1. The van der Waals surface area contributed by atoms with E-state index in [0.717, 1.165) is 23.1 Å². The number of hydrogen-bond acceptors (Lipinski definition) is 5. The van der Waals surface area contributed by atoms with Crippen LogP contribution in [0.15, 0.2) is 47.4 Å². The number of aryl methyl sites for hydroxylation is 1. The normalized spacial score (nSPS) is 21.4. The lowest BCUT2D eigenvalue weighted by Crippen LogP contribution is -2.47. The van der Waals surface area contributed by atoms with Crippen LogP contribution in [0.5, 0.6) is 5.75 Å². The van der Waals surface area contributed by atoms with Crippen LogP contribution < -0.4 is 4.74 Å². The van der Waals surface area contributed by atoms with Crippen molar-refractivity contribution in [2.45, 2.75) is 37.1 Å². The SMILES string of the molecule is [CH2+]C[C@@H]1CN2CCc3c(n(S(=O)(=O)c4ccc(C)cc4)c4cccc(OC)c34)[C@H]2CC1=O. The number of nitrogens with zero attached hydrogens (tertiary/aromatic N) is 2. The zero-order chi connectivity index (χ0) is 22.6. The number of rotatable bonds is 4. The monoisotopic (exact) mass is 451 g/mol. The highest BCUT2D eigenvalue weighted by Gasteiger charge is 2.43. The van der Waals surface area contributed by atoms with Crippen molar-refractivity contribution < 1.29 is 17.9 Å². The number of aromatic nitrogens is 1. The molecular weight excluding hydrogens is 424 g/mol. The molecule has 166 valence electrons. The predicted molar refractivity (Wildman–Crippen MR) is 123 cm³/mol. The molecule has 0 radical (unpaired) electrons. The molecule has 0 bridgehead atoms. The van der Waals surface area contributed by atoms with Crippen LogP contribution in [0.3, 0.4) is 0 Å². The van der Waals surface area contributed by atoms with Gasteiger partial charge >= 0.3 is 0 Å². The molecule has 3 heterocycles. The van der Waals surface area contributed by atoms with Crippen molar-refractivity contribution in [1.29, 1.82) is 0 Å². The van der Waals surface area contributed by atoms with Gasteiger partial charge in [0.25, 0.3) is 10.0 Å². The molecule has 0 N–H and O–H groups in total. The summed E-state index contributed by atoms with van der Waals surface area (Å²) in [6.45, 7) is 7.27. The lowest BCUT2D eigenvalue weighted by molar-refractivity contribution is -0.128. The largest absolute Gasteiger partial charge is 0.496 e. The molecule has 5 rings (SSSR count). The third kappa shape index (κ3) is 3.06. The molecule has 2 aliphatic rings. The first-order valence-corrected chi connectivity index (χ1v) is 12.4. The number of ketones is 1. The van der Waals surface area contributed by atoms with Gasteiger partial charge in [0.15, 0.2) is 0 Å². The van der Waals surface area contributed by atoms with Gasteiger partial charge in [0, 0.05) is 24.9 Å². The second-order valence-electron chi connectivity index (χ2n) is 8.72. The molecule has 1 saturated heterocycles. The topological polar surface area (TPSA) is 68.6 Å². The summed E-state index contributed by atoms with van der Waals surface area (Å²) >= 11 is 0. The van der Waals surface area contributed by atoms with Crippen LogP contribution in [0.4, 0.5) is 0 Å². The molecule has 2 aromatic carbocycles. The highest BCUT2D eigenvalue weighted by molar-refractivity contribution is 7.90. The Hall–Kier alpha value is -2.77. The molecule has 0 spiro atoms. The third-order valence-corrected chi connectivity index (χ3v) is 8.63.